The minimum Gasteiger partial charge on any atom is -0.370 e. The van der Waals surface area contributed by atoms with Crippen molar-refractivity contribution in [1.29, 1.82) is 0 Å². The monoisotopic (exact) mass is 358 g/mol. The van der Waals surface area contributed by atoms with Gasteiger partial charge in [-0.25, -0.2) is 4.68 Å². The van der Waals surface area contributed by atoms with E-state index in [4.69, 9.17) is 5.10 Å². The highest BCUT2D eigenvalue weighted by Crippen LogP contribution is 2.35. The van der Waals surface area contributed by atoms with Crippen LogP contribution in [-0.4, -0.2) is 21.3 Å². The first-order valence-electron chi connectivity index (χ1n) is 8.48. The number of nitrogens with zero attached hydrogens (tertiary/aromatic N) is 3. The minimum absolute atomic E-state index is 0.601. The van der Waals surface area contributed by atoms with Crippen LogP contribution in [0.25, 0.3) is 16.9 Å². The molecule has 2 aromatic heterocycles. The number of benzene rings is 1. The van der Waals surface area contributed by atoms with Gasteiger partial charge in [0.15, 0.2) is 0 Å². The van der Waals surface area contributed by atoms with Crippen molar-refractivity contribution in [3.8, 4) is 16.9 Å². The van der Waals surface area contributed by atoms with Gasteiger partial charge in [0.05, 0.1) is 16.9 Å². The van der Waals surface area contributed by atoms with Crippen LogP contribution < -0.4 is 5.32 Å². The van der Waals surface area contributed by atoms with Crippen LogP contribution in [0.15, 0.2) is 48.8 Å². The third kappa shape index (κ3) is 3.05. The molecule has 4 rings (SSSR count). The molecular weight excluding hydrogens is 341 g/mol. The number of halogens is 3. The Morgan fingerprint density at radius 1 is 0.962 bits per heavy atom. The molecule has 0 radical (unpaired) electrons. The van der Waals surface area contributed by atoms with Crippen LogP contribution in [0.4, 0.5) is 19.0 Å². The Morgan fingerprint density at radius 2 is 1.69 bits per heavy atom. The number of aromatic nitrogens is 3. The average molecular weight is 358 g/mol. The maximum atomic E-state index is 12.8. The molecule has 1 aromatic carbocycles. The molecule has 7 heteroatoms. The molecule has 0 saturated heterocycles. The van der Waals surface area contributed by atoms with Gasteiger partial charge in [-0.3, -0.25) is 4.98 Å². The summed E-state index contributed by atoms with van der Waals surface area (Å²) in [6.45, 7) is 0.815. The van der Waals surface area contributed by atoms with Gasteiger partial charge in [-0.15, -0.1) is 0 Å². The summed E-state index contributed by atoms with van der Waals surface area (Å²) < 4.78 is 40.2. The van der Waals surface area contributed by atoms with E-state index >= 15 is 0 Å². The van der Waals surface area contributed by atoms with Crippen LogP contribution in [0.3, 0.4) is 0 Å². The fraction of sp³-hybridized carbons (Fsp3) is 0.263. The molecule has 1 aliphatic heterocycles. The fourth-order valence-electron chi connectivity index (χ4n) is 3.22. The molecule has 4 nitrogen and oxygen atoms in total. The first kappa shape index (κ1) is 16.6. The van der Waals surface area contributed by atoms with E-state index < -0.39 is 11.7 Å². The summed E-state index contributed by atoms with van der Waals surface area (Å²) >= 11 is 0. The molecule has 0 bridgehead atoms. The lowest BCUT2D eigenvalue weighted by Crippen LogP contribution is -2.08. The maximum Gasteiger partial charge on any atom is 0.416 e. The van der Waals surface area contributed by atoms with Gasteiger partial charge in [0, 0.05) is 30.1 Å². The van der Waals surface area contributed by atoms with Crippen molar-refractivity contribution in [3.63, 3.8) is 0 Å². The van der Waals surface area contributed by atoms with Gasteiger partial charge in [0.25, 0.3) is 0 Å². The predicted molar refractivity (Wildman–Crippen MR) is 93.2 cm³/mol. The number of fused-ring (bicyclic) bond motifs is 1. The van der Waals surface area contributed by atoms with Gasteiger partial charge in [0.2, 0.25) is 0 Å². The number of hydrogen-bond acceptors (Lipinski definition) is 3. The second-order valence-electron chi connectivity index (χ2n) is 6.25. The lowest BCUT2D eigenvalue weighted by atomic mass is 10.0. The SMILES string of the molecule is FC(F)(F)c1ccc(-n2nc(-c3ccncc3)c3c2NCCCC3)cc1. The maximum absolute atomic E-state index is 12.8. The highest BCUT2D eigenvalue weighted by Gasteiger charge is 2.30. The summed E-state index contributed by atoms with van der Waals surface area (Å²) in [6.07, 6.45) is 2.03. The van der Waals surface area contributed by atoms with E-state index in [1.54, 1.807) is 17.1 Å². The summed E-state index contributed by atoms with van der Waals surface area (Å²) in [7, 11) is 0. The van der Waals surface area contributed by atoms with Gasteiger partial charge in [-0.1, -0.05) is 0 Å². The van der Waals surface area contributed by atoms with E-state index in [-0.39, 0.29) is 0 Å². The molecule has 0 spiro atoms. The van der Waals surface area contributed by atoms with E-state index in [2.05, 4.69) is 10.3 Å². The van der Waals surface area contributed by atoms with Gasteiger partial charge < -0.3 is 5.32 Å². The van der Waals surface area contributed by atoms with Gasteiger partial charge >= 0.3 is 6.18 Å². The smallest absolute Gasteiger partial charge is 0.370 e. The van der Waals surface area contributed by atoms with E-state index in [0.717, 1.165) is 60.6 Å². The Bertz CT molecular complexity index is 899. The first-order valence-corrected chi connectivity index (χ1v) is 8.48. The molecule has 3 aromatic rings. The molecule has 0 amide bonds. The normalized spacial score (nSPS) is 14.4. The fourth-order valence-corrected chi connectivity index (χ4v) is 3.22. The molecule has 0 fully saturated rings. The Balaban J connectivity index is 1.83. The molecule has 0 saturated carbocycles. The van der Waals surface area contributed by atoms with Crippen LogP contribution in [0, 0.1) is 0 Å². The third-order valence-corrected chi connectivity index (χ3v) is 4.52. The van der Waals surface area contributed by atoms with E-state index in [1.165, 1.54) is 12.1 Å². The highest BCUT2D eigenvalue weighted by atomic mass is 19.4. The Hall–Kier alpha value is -2.83. The number of hydrogen-bond donors (Lipinski definition) is 1. The summed E-state index contributed by atoms with van der Waals surface area (Å²) in [5.41, 5.74) is 2.82. The van der Waals surface area contributed by atoms with Crippen molar-refractivity contribution in [3.05, 3.63) is 59.9 Å². The van der Waals surface area contributed by atoms with Gasteiger partial charge in [-0.05, 0) is 55.7 Å². The largest absolute Gasteiger partial charge is 0.416 e. The first-order chi connectivity index (χ1) is 12.5. The molecule has 134 valence electrons. The molecule has 1 aliphatic rings. The van der Waals surface area contributed by atoms with Crippen LogP contribution in [0.1, 0.15) is 24.0 Å². The quantitative estimate of drug-likeness (QED) is 0.722. The second-order valence-corrected chi connectivity index (χ2v) is 6.25. The van der Waals surface area contributed by atoms with Crippen LogP contribution in [0.2, 0.25) is 0 Å². The van der Waals surface area contributed by atoms with Crippen LogP contribution >= 0.6 is 0 Å². The predicted octanol–water partition coefficient (Wildman–Crippen LogP) is 4.70. The summed E-state index contributed by atoms with van der Waals surface area (Å²) in [6, 6.07) is 8.88. The van der Waals surface area contributed by atoms with Gasteiger partial charge in [-0.2, -0.15) is 18.3 Å². The Labute approximate surface area is 148 Å². The lowest BCUT2D eigenvalue weighted by Gasteiger charge is -2.11. The van der Waals surface area contributed by atoms with Crippen molar-refractivity contribution in [2.24, 2.45) is 0 Å². The van der Waals surface area contributed by atoms with Crippen molar-refractivity contribution >= 4 is 5.82 Å². The number of nitrogens with one attached hydrogen (secondary N) is 1. The molecular formula is C19H17F3N4. The highest BCUT2D eigenvalue weighted by molar-refractivity contribution is 5.71. The molecule has 3 heterocycles. The van der Waals surface area contributed by atoms with Crippen molar-refractivity contribution in [2.45, 2.75) is 25.4 Å². The zero-order valence-corrected chi connectivity index (χ0v) is 13.9. The second kappa shape index (κ2) is 6.48. The summed E-state index contributed by atoms with van der Waals surface area (Å²) in [5, 5.41) is 8.10. The Kier molecular flexibility index (Phi) is 4.14. The van der Waals surface area contributed by atoms with Crippen LogP contribution in [-0.2, 0) is 12.6 Å². The summed E-state index contributed by atoms with van der Waals surface area (Å²) in [4.78, 5) is 4.04. The molecule has 1 N–H and O–H groups in total. The summed E-state index contributed by atoms with van der Waals surface area (Å²) in [5.74, 6) is 0.856. The average Bonchev–Trinajstić information content (AvgIpc) is 2.83. The molecule has 0 aliphatic carbocycles. The standard InChI is InChI=1S/C19H17F3N4/c20-19(21,22)14-4-6-15(7-5-14)26-18-16(3-1-2-10-24-18)17(25-26)13-8-11-23-12-9-13/h4-9,11-12,24H,1-3,10H2. The zero-order valence-electron chi connectivity index (χ0n) is 13.9. The Morgan fingerprint density at radius 3 is 2.38 bits per heavy atom. The van der Waals surface area contributed by atoms with Crippen molar-refractivity contribution in [1.82, 2.24) is 14.8 Å². The van der Waals surface area contributed by atoms with Crippen LogP contribution in [0.5, 0.6) is 0 Å². The van der Waals surface area contributed by atoms with E-state index in [0.29, 0.717) is 5.69 Å². The third-order valence-electron chi connectivity index (χ3n) is 4.52. The topological polar surface area (TPSA) is 42.7 Å². The van der Waals surface area contributed by atoms with E-state index in [1.807, 2.05) is 12.1 Å². The molecule has 26 heavy (non-hydrogen) atoms. The van der Waals surface area contributed by atoms with Gasteiger partial charge in [0.1, 0.15) is 5.82 Å². The number of pyridine rings is 1. The number of rotatable bonds is 2. The lowest BCUT2D eigenvalue weighted by molar-refractivity contribution is -0.137. The van der Waals surface area contributed by atoms with Crippen molar-refractivity contribution < 1.29 is 13.2 Å². The van der Waals surface area contributed by atoms with Crippen molar-refractivity contribution in [2.75, 3.05) is 11.9 Å². The number of alkyl halides is 3. The van der Waals surface area contributed by atoms with E-state index in [9.17, 15) is 13.2 Å². The molecule has 0 unspecified atom stereocenters. The molecule has 0 atom stereocenters. The minimum atomic E-state index is -4.35. The zero-order chi connectivity index (χ0) is 18.1. The number of anilines is 1.